The third-order valence-electron chi connectivity index (χ3n) is 3.38. The van der Waals surface area contributed by atoms with E-state index in [0.29, 0.717) is 12.4 Å². The molecule has 5 heteroatoms. The molecule has 0 fully saturated rings. The Morgan fingerprint density at radius 1 is 1.30 bits per heavy atom. The lowest BCUT2D eigenvalue weighted by Gasteiger charge is -2.10. The number of rotatable bonds is 3. The fourth-order valence-electron chi connectivity index (χ4n) is 2.27. The van der Waals surface area contributed by atoms with Crippen LogP contribution in [-0.2, 0) is 13.6 Å². The molecule has 0 saturated heterocycles. The molecule has 20 heavy (non-hydrogen) atoms. The number of para-hydroxylation sites is 1. The minimum atomic E-state index is 0.646. The Morgan fingerprint density at radius 2 is 2.10 bits per heavy atom. The van der Waals surface area contributed by atoms with Crippen molar-refractivity contribution in [3.63, 3.8) is 0 Å². The van der Waals surface area contributed by atoms with Crippen LogP contribution in [0, 0.1) is 6.92 Å². The lowest BCUT2D eigenvalue weighted by atomic mass is 10.1. The summed E-state index contributed by atoms with van der Waals surface area (Å²) in [6.07, 6.45) is 1.79. The van der Waals surface area contributed by atoms with Gasteiger partial charge in [0.25, 0.3) is 0 Å². The third kappa shape index (κ3) is 2.18. The van der Waals surface area contributed by atoms with E-state index in [1.165, 1.54) is 0 Å². The van der Waals surface area contributed by atoms with Gasteiger partial charge in [-0.2, -0.15) is 5.10 Å². The van der Waals surface area contributed by atoms with E-state index >= 15 is 0 Å². The summed E-state index contributed by atoms with van der Waals surface area (Å²) >= 11 is 0. The number of hydrogen-bond acceptors (Lipinski definition) is 4. The molecule has 0 aliphatic rings. The summed E-state index contributed by atoms with van der Waals surface area (Å²) in [7, 11) is 1.84. The maximum Gasteiger partial charge on any atom is 0.126 e. The lowest BCUT2D eigenvalue weighted by molar-refractivity contribution is 0.778. The second-order valence-corrected chi connectivity index (χ2v) is 4.86. The van der Waals surface area contributed by atoms with Crippen molar-refractivity contribution in [2.24, 2.45) is 7.05 Å². The van der Waals surface area contributed by atoms with Gasteiger partial charge in [-0.25, -0.2) is 0 Å². The second-order valence-electron chi connectivity index (χ2n) is 4.86. The lowest BCUT2D eigenvalue weighted by Crippen LogP contribution is -2.04. The molecule has 2 aromatic heterocycles. The molecule has 0 atom stereocenters. The molecule has 3 aromatic rings. The molecule has 102 valence electrons. The van der Waals surface area contributed by atoms with Crippen LogP contribution in [0.3, 0.4) is 0 Å². The minimum absolute atomic E-state index is 0.646. The molecule has 0 bridgehead atoms. The van der Waals surface area contributed by atoms with E-state index in [9.17, 15) is 0 Å². The van der Waals surface area contributed by atoms with Gasteiger partial charge in [-0.3, -0.25) is 9.67 Å². The molecule has 0 amide bonds. The van der Waals surface area contributed by atoms with Crippen LogP contribution in [0.15, 0.2) is 36.5 Å². The van der Waals surface area contributed by atoms with Crippen LogP contribution in [-0.4, -0.2) is 14.8 Å². The summed E-state index contributed by atoms with van der Waals surface area (Å²) < 4.78 is 1.67. The molecule has 3 rings (SSSR count). The highest BCUT2D eigenvalue weighted by atomic mass is 15.3. The van der Waals surface area contributed by atoms with E-state index in [4.69, 9.17) is 5.73 Å². The van der Waals surface area contributed by atoms with Gasteiger partial charge in [-0.15, -0.1) is 0 Å². The molecular formula is C15H17N5. The number of aryl methyl sites for hydroxylation is 2. The maximum atomic E-state index is 5.96. The van der Waals surface area contributed by atoms with Crippen molar-refractivity contribution in [1.29, 1.82) is 0 Å². The number of aromatic nitrogens is 3. The normalized spacial score (nSPS) is 10.9. The average molecular weight is 267 g/mol. The van der Waals surface area contributed by atoms with E-state index in [1.54, 1.807) is 10.9 Å². The quantitative estimate of drug-likeness (QED) is 0.765. The van der Waals surface area contributed by atoms with Gasteiger partial charge >= 0.3 is 0 Å². The number of nitrogens with two attached hydrogens (primary N) is 1. The first kappa shape index (κ1) is 12.5. The zero-order valence-corrected chi connectivity index (χ0v) is 11.6. The summed E-state index contributed by atoms with van der Waals surface area (Å²) in [4.78, 5) is 4.53. The van der Waals surface area contributed by atoms with Crippen molar-refractivity contribution >= 4 is 22.4 Å². The zero-order valence-electron chi connectivity index (χ0n) is 11.6. The van der Waals surface area contributed by atoms with Crippen molar-refractivity contribution < 1.29 is 0 Å². The van der Waals surface area contributed by atoms with E-state index in [2.05, 4.69) is 27.5 Å². The number of nitrogens with zero attached hydrogens (tertiary/aromatic N) is 3. The molecular weight excluding hydrogens is 250 g/mol. The van der Waals surface area contributed by atoms with Gasteiger partial charge in [0.1, 0.15) is 5.82 Å². The molecule has 3 N–H and O–H groups in total. The minimum Gasteiger partial charge on any atom is -0.384 e. The Hall–Kier alpha value is -2.56. The monoisotopic (exact) mass is 267 g/mol. The van der Waals surface area contributed by atoms with Crippen LogP contribution < -0.4 is 11.1 Å². The van der Waals surface area contributed by atoms with Crippen molar-refractivity contribution in [3.8, 4) is 0 Å². The largest absolute Gasteiger partial charge is 0.384 e. The molecule has 0 saturated carbocycles. The van der Waals surface area contributed by atoms with Crippen LogP contribution in [0.5, 0.6) is 0 Å². The van der Waals surface area contributed by atoms with E-state index in [-0.39, 0.29) is 0 Å². The number of fused-ring (bicyclic) bond motifs is 1. The number of benzene rings is 1. The smallest absolute Gasteiger partial charge is 0.126 e. The number of nitrogens with one attached hydrogen (secondary N) is 1. The Kier molecular flexibility index (Phi) is 3.02. The standard InChI is InChI=1S/C15H17N5/c1-10-7-14(12-5-3-4-6-13(12)19-10)17-8-11-9-18-20(2)15(11)16/h3-7,9H,8,16H2,1-2H3,(H,17,19). The molecule has 5 nitrogen and oxygen atoms in total. The van der Waals surface area contributed by atoms with E-state index < -0.39 is 0 Å². The SMILES string of the molecule is Cc1cc(NCc2cnn(C)c2N)c2ccccc2n1. The summed E-state index contributed by atoms with van der Waals surface area (Å²) in [5, 5.41) is 8.68. The molecule has 1 aromatic carbocycles. The Morgan fingerprint density at radius 3 is 2.85 bits per heavy atom. The first-order valence-corrected chi connectivity index (χ1v) is 6.52. The number of nitrogen functional groups attached to an aromatic ring is 1. The van der Waals surface area contributed by atoms with Crippen molar-refractivity contribution in [2.45, 2.75) is 13.5 Å². The van der Waals surface area contributed by atoms with Gasteiger partial charge in [-0.05, 0) is 19.1 Å². The molecule has 0 aliphatic heterocycles. The summed E-state index contributed by atoms with van der Waals surface area (Å²) in [5.74, 6) is 0.688. The third-order valence-corrected chi connectivity index (χ3v) is 3.38. The van der Waals surface area contributed by atoms with Gasteiger partial charge in [0.2, 0.25) is 0 Å². The Bertz CT molecular complexity index is 760. The zero-order chi connectivity index (χ0) is 14.1. The van der Waals surface area contributed by atoms with Crippen molar-refractivity contribution in [3.05, 3.63) is 47.8 Å². The Labute approximate surface area is 117 Å². The number of pyridine rings is 1. The topological polar surface area (TPSA) is 68.8 Å². The second kappa shape index (κ2) is 4.85. The summed E-state index contributed by atoms with van der Waals surface area (Å²) in [6.45, 7) is 2.64. The van der Waals surface area contributed by atoms with E-state index in [1.807, 2.05) is 32.2 Å². The molecule has 0 aliphatic carbocycles. The fraction of sp³-hybridized carbons (Fsp3) is 0.200. The van der Waals surface area contributed by atoms with Gasteiger partial charge in [-0.1, -0.05) is 18.2 Å². The molecule has 0 unspecified atom stereocenters. The van der Waals surface area contributed by atoms with Gasteiger partial charge < -0.3 is 11.1 Å². The van der Waals surface area contributed by atoms with Crippen molar-refractivity contribution in [2.75, 3.05) is 11.1 Å². The Balaban J connectivity index is 1.93. The predicted octanol–water partition coefficient (Wildman–Crippen LogP) is 2.47. The molecule has 2 heterocycles. The van der Waals surface area contributed by atoms with Crippen LogP contribution >= 0.6 is 0 Å². The van der Waals surface area contributed by atoms with Gasteiger partial charge in [0, 0.05) is 35.9 Å². The van der Waals surface area contributed by atoms with E-state index in [0.717, 1.165) is 27.8 Å². The van der Waals surface area contributed by atoms with Crippen LogP contribution in [0.2, 0.25) is 0 Å². The average Bonchev–Trinajstić information content (AvgIpc) is 2.76. The summed E-state index contributed by atoms with van der Waals surface area (Å²) in [5.41, 5.74) is 10.0. The first-order valence-electron chi connectivity index (χ1n) is 6.52. The molecule has 0 spiro atoms. The molecule has 0 radical (unpaired) electrons. The maximum absolute atomic E-state index is 5.96. The highest BCUT2D eigenvalue weighted by molar-refractivity contribution is 5.91. The van der Waals surface area contributed by atoms with Gasteiger partial charge in [0.05, 0.1) is 11.7 Å². The van der Waals surface area contributed by atoms with Crippen LogP contribution in [0.25, 0.3) is 10.9 Å². The first-order chi connectivity index (χ1) is 9.65. The van der Waals surface area contributed by atoms with Crippen LogP contribution in [0.1, 0.15) is 11.3 Å². The fourth-order valence-corrected chi connectivity index (χ4v) is 2.27. The summed E-state index contributed by atoms with van der Waals surface area (Å²) in [6, 6.07) is 10.2. The number of anilines is 2. The van der Waals surface area contributed by atoms with Gasteiger partial charge in [0.15, 0.2) is 0 Å². The predicted molar refractivity (Wildman–Crippen MR) is 81.4 cm³/mol. The van der Waals surface area contributed by atoms with Crippen LogP contribution in [0.4, 0.5) is 11.5 Å². The highest BCUT2D eigenvalue weighted by Gasteiger charge is 2.07. The highest BCUT2D eigenvalue weighted by Crippen LogP contribution is 2.24. The van der Waals surface area contributed by atoms with Crippen molar-refractivity contribution in [1.82, 2.24) is 14.8 Å². The number of hydrogen-bond donors (Lipinski definition) is 2.